The number of carbonyl (C=O) groups is 2. The monoisotopic (exact) mass is 486 g/mol. The first-order valence-electron chi connectivity index (χ1n) is 11.1. The van der Waals surface area contributed by atoms with Crippen molar-refractivity contribution in [3.8, 4) is 0 Å². The molecule has 2 aromatic carbocycles. The van der Waals surface area contributed by atoms with Gasteiger partial charge in [-0.05, 0) is 65.6 Å². The highest BCUT2D eigenvalue weighted by Crippen LogP contribution is 2.21. The van der Waals surface area contributed by atoms with E-state index in [1.807, 2.05) is 36.4 Å². The SMILES string of the molecule is O=C(Br)CCN[C@@H](Cc1ccccc1)[C@H](Cc1ccccc1)NC(=O)OC1CCCC1. The molecule has 5 nitrogen and oxygen atoms in total. The third-order valence-electron chi connectivity index (χ3n) is 5.69. The normalized spacial score (nSPS) is 15.9. The standard InChI is InChI=1S/C25H31BrN2O3/c26-24(29)15-16-27-22(17-19-9-3-1-4-10-19)23(18-20-11-5-2-6-12-20)28-25(30)31-21-13-7-8-14-21/h1-6,9-12,21-23,27H,7-8,13-18H2,(H,28,30)/t22-,23-/m0/s1. The third-order valence-corrected chi connectivity index (χ3v) is 6.09. The molecular weight excluding hydrogens is 456 g/mol. The van der Waals surface area contributed by atoms with Crippen LogP contribution in [0.15, 0.2) is 60.7 Å². The first-order chi connectivity index (χ1) is 15.1. The van der Waals surface area contributed by atoms with Crippen molar-refractivity contribution in [1.29, 1.82) is 0 Å². The highest BCUT2D eigenvalue weighted by molar-refractivity contribution is 9.18. The molecule has 1 aliphatic rings. The number of benzene rings is 2. The first-order valence-corrected chi connectivity index (χ1v) is 11.9. The van der Waals surface area contributed by atoms with Crippen LogP contribution in [0.4, 0.5) is 4.79 Å². The van der Waals surface area contributed by atoms with Crippen LogP contribution in [0.2, 0.25) is 0 Å². The Morgan fingerprint density at radius 3 is 2.00 bits per heavy atom. The molecule has 2 aromatic rings. The zero-order valence-electron chi connectivity index (χ0n) is 17.8. The number of hydrogen-bond acceptors (Lipinski definition) is 4. The minimum atomic E-state index is -0.357. The van der Waals surface area contributed by atoms with E-state index in [1.54, 1.807) is 0 Å². The lowest BCUT2D eigenvalue weighted by atomic mass is 9.94. The summed E-state index contributed by atoms with van der Waals surface area (Å²) in [6, 6.07) is 20.1. The lowest BCUT2D eigenvalue weighted by Gasteiger charge is -2.30. The fraction of sp³-hybridized carbons (Fsp3) is 0.440. The van der Waals surface area contributed by atoms with E-state index < -0.39 is 0 Å². The summed E-state index contributed by atoms with van der Waals surface area (Å²) >= 11 is 3.00. The molecule has 31 heavy (non-hydrogen) atoms. The molecule has 0 unspecified atom stereocenters. The van der Waals surface area contributed by atoms with Gasteiger partial charge in [0.1, 0.15) is 6.10 Å². The fourth-order valence-electron chi connectivity index (χ4n) is 4.09. The van der Waals surface area contributed by atoms with Crippen molar-refractivity contribution >= 4 is 26.7 Å². The summed E-state index contributed by atoms with van der Waals surface area (Å²) in [6.07, 6.45) is 5.56. The Hall–Kier alpha value is -2.18. The predicted molar refractivity (Wildman–Crippen MR) is 126 cm³/mol. The Kier molecular flexibility index (Phi) is 9.56. The van der Waals surface area contributed by atoms with Crippen LogP contribution < -0.4 is 10.6 Å². The molecule has 3 rings (SSSR count). The molecule has 0 saturated heterocycles. The third kappa shape index (κ3) is 8.46. The summed E-state index contributed by atoms with van der Waals surface area (Å²) < 4.78 is 5.65. The number of amides is 1. The van der Waals surface area contributed by atoms with Gasteiger partial charge < -0.3 is 15.4 Å². The second kappa shape index (κ2) is 12.6. The lowest BCUT2D eigenvalue weighted by molar-refractivity contribution is -0.110. The van der Waals surface area contributed by atoms with Gasteiger partial charge in [0.05, 0.1) is 6.04 Å². The van der Waals surface area contributed by atoms with Crippen LogP contribution in [0, 0.1) is 0 Å². The maximum atomic E-state index is 12.7. The van der Waals surface area contributed by atoms with E-state index in [1.165, 1.54) is 5.56 Å². The molecule has 0 aliphatic heterocycles. The Bertz CT molecular complexity index is 810. The van der Waals surface area contributed by atoms with Gasteiger partial charge in [-0.2, -0.15) is 0 Å². The van der Waals surface area contributed by atoms with Crippen LogP contribution in [0.5, 0.6) is 0 Å². The van der Waals surface area contributed by atoms with Gasteiger partial charge in [-0.1, -0.05) is 60.7 Å². The van der Waals surface area contributed by atoms with Crippen molar-refractivity contribution in [3.63, 3.8) is 0 Å². The van der Waals surface area contributed by atoms with Gasteiger partial charge in [-0.15, -0.1) is 0 Å². The second-order valence-corrected chi connectivity index (χ2v) is 8.99. The van der Waals surface area contributed by atoms with E-state index in [-0.39, 0.29) is 29.0 Å². The summed E-state index contributed by atoms with van der Waals surface area (Å²) in [7, 11) is 0. The summed E-state index contributed by atoms with van der Waals surface area (Å²) in [5.74, 6) is 0. The zero-order valence-corrected chi connectivity index (χ0v) is 19.4. The molecule has 0 heterocycles. The summed E-state index contributed by atoms with van der Waals surface area (Å²) in [5.41, 5.74) is 2.32. The van der Waals surface area contributed by atoms with Crippen LogP contribution in [0.25, 0.3) is 0 Å². The minimum absolute atomic E-state index is 0.0175. The minimum Gasteiger partial charge on any atom is -0.446 e. The second-order valence-electron chi connectivity index (χ2n) is 8.11. The van der Waals surface area contributed by atoms with Crippen molar-refractivity contribution in [2.45, 2.75) is 63.1 Å². The van der Waals surface area contributed by atoms with Crippen molar-refractivity contribution in [2.24, 2.45) is 0 Å². The highest BCUT2D eigenvalue weighted by atomic mass is 79.9. The molecule has 1 saturated carbocycles. The van der Waals surface area contributed by atoms with Crippen LogP contribution in [0.1, 0.15) is 43.2 Å². The average Bonchev–Trinajstić information content (AvgIpc) is 3.27. The van der Waals surface area contributed by atoms with E-state index in [9.17, 15) is 9.59 Å². The number of carbonyl (C=O) groups excluding carboxylic acids is 2. The van der Waals surface area contributed by atoms with Crippen molar-refractivity contribution in [1.82, 2.24) is 10.6 Å². The van der Waals surface area contributed by atoms with Crippen LogP contribution in [-0.2, 0) is 22.4 Å². The van der Waals surface area contributed by atoms with Crippen molar-refractivity contribution in [3.05, 3.63) is 71.8 Å². The van der Waals surface area contributed by atoms with Gasteiger partial charge in [0.2, 0.25) is 0 Å². The predicted octanol–water partition coefficient (Wildman–Crippen LogP) is 4.78. The van der Waals surface area contributed by atoms with Gasteiger partial charge >= 0.3 is 6.09 Å². The lowest BCUT2D eigenvalue weighted by Crippen LogP contribution is -2.53. The maximum Gasteiger partial charge on any atom is 0.407 e. The molecule has 2 N–H and O–H groups in total. The number of nitrogens with one attached hydrogen (secondary N) is 2. The Morgan fingerprint density at radius 2 is 1.45 bits per heavy atom. The molecule has 0 spiro atoms. The topological polar surface area (TPSA) is 67.4 Å². The zero-order chi connectivity index (χ0) is 21.9. The van der Waals surface area contributed by atoms with Crippen molar-refractivity contribution in [2.75, 3.05) is 6.54 Å². The Morgan fingerprint density at radius 1 is 0.903 bits per heavy atom. The fourth-order valence-corrected chi connectivity index (χ4v) is 4.28. The molecule has 0 bridgehead atoms. The number of rotatable bonds is 11. The quantitative estimate of drug-likeness (QED) is 0.448. The van der Waals surface area contributed by atoms with E-state index in [0.717, 1.165) is 37.7 Å². The van der Waals surface area contributed by atoms with Gasteiger partial charge in [0.15, 0.2) is 4.69 Å². The maximum absolute atomic E-state index is 12.7. The summed E-state index contributed by atoms with van der Waals surface area (Å²) in [4.78, 5) is 24.1. The molecule has 2 atom stereocenters. The summed E-state index contributed by atoms with van der Waals surface area (Å²) in [6.45, 7) is 0.534. The Labute approximate surface area is 193 Å². The average molecular weight is 487 g/mol. The number of alkyl carbamates (subject to hydrolysis) is 1. The number of halogens is 1. The van der Waals surface area contributed by atoms with E-state index in [2.05, 4.69) is 50.8 Å². The van der Waals surface area contributed by atoms with E-state index in [4.69, 9.17) is 4.74 Å². The van der Waals surface area contributed by atoms with Crippen LogP contribution in [0.3, 0.4) is 0 Å². The van der Waals surface area contributed by atoms with Crippen molar-refractivity contribution < 1.29 is 14.3 Å². The van der Waals surface area contributed by atoms with Gasteiger partial charge in [0, 0.05) is 19.0 Å². The molecule has 1 fully saturated rings. The molecule has 1 amide bonds. The smallest absolute Gasteiger partial charge is 0.407 e. The number of hydrogen-bond donors (Lipinski definition) is 2. The van der Waals surface area contributed by atoms with E-state index in [0.29, 0.717) is 19.4 Å². The molecule has 0 radical (unpaired) electrons. The van der Waals surface area contributed by atoms with E-state index >= 15 is 0 Å². The molecule has 0 aromatic heterocycles. The first kappa shape index (κ1) is 23.5. The molecular formula is C25H31BrN2O3. The molecule has 166 valence electrons. The van der Waals surface area contributed by atoms with Gasteiger partial charge in [0.25, 0.3) is 0 Å². The molecule has 6 heteroatoms. The molecule has 1 aliphatic carbocycles. The van der Waals surface area contributed by atoms with Gasteiger partial charge in [-0.3, -0.25) is 4.79 Å². The summed E-state index contributed by atoms with van der Waals surface area (Å²) in [5, 5.41) is 6.63. The Balaban J connectivity index is 1.75. The van der Waals surface area contributed by atoms with Gasteiger partial charge in [-0.25, -0.2) is 4.79 Å². The highest BCUT2D eigenvalue weighted by Gasteiger charge is 2.26. The van der Waals surface area contributed by atoms with Crippen LogP contribution in [-0.4, -0.2) is 35.5 Å². The van der Waals surface area contributed by atoms with Crippen LogP contribution >= 0.6 is 15.9 Å². The number of ether oxygens (including phenoxy) is 1. The largest absolute Gasteiger partial charge is 0.446 e.